The normalized spacial score (nSPS) is 15.3. The SMILES string of the molecule is Cc1ccc(NC(=O)CN2CCN(c3ccnc(F)c3)CC2)cc1. The van der Waals surface area contributed by atoms with Gasteiger partial charge in [0, 0.05) is 49.8 Å². The largest absolute Gasteiger partial charge is 0.369 e. The molecule has 1 aromatic heterocycles. The van der Waals surface area contributed by atoms with Crippen LogP contribution in [0.4, 0.5) is 15.8 Å². The first kappa shape index (κ1) is 16.4. The highest BCUT2D eigenvalue weighted by Gasteiger charge is 2.19. The van der Waals surface area contributed by atoms with E-state index in [2.05, 4.69) is 20.1 Å². The molecule has 0 aliphatic carbocycles. The monoisotopic (exact) mass is 328 g/mol. The minimum Gasteiger partial charge on any atom is -0.369 e. The Kier molecular flexibility index (Phi) is 5.05. The fourth-order valence-electron chi connectivity index (χ4n) is 2.79. The summed E-state index contributed by atoms with van der Waals surface area (Å²) >= 11 is 0. The zero-order valence-corrected chi connectivity index (χ0v) is 13.7. The molecule has 1 aliphatic heterocycles. The molecule has 0 saturated carbocycles. The smallest absolute Gasteiger partial charge is 0.238 e. The molecule has 0 atom stereocenters. The van der Waals surface area contributed by atoms with Crippen LogP contribution >= 0.6 is 0 Å². The maximum Gasteiger partial charge on any atom is 0.238 e. The Labute approximate surface area is 141 Å². The average molecular weight is 328 g/mol. The Bertz CT molecular complexity index is 696. The standard InChI is InChI=1S/C18H21FN4O/c1-14-2-4-15(5-3-14)21-18(24)13-22-8-10-23(11-9-22)16-6-7-20-17(19)12-16/h2-7,12H,8-11,13H2,1H3,(H,21,24). The molecular formula is C18H21FN4O. The zero-order valence-electron chi connectivity index (χ0n) is 13.7. The van der Waals surface area contributed by atoms with Crippen molar-refractivity contribution in [3.05, 3.63) is 54.1 Å². The van der Waals surface area contributed by atoms with E-state index in [0.29, 0.717) is 6.54 Å². The number of halogens is 1. The molecule has 1 amide bonds. The van der Waals surface area contributed by atoms with Crippen LogP contribution in [-0.2, 0) is 4.79 Å². The van der Waals surface area contributed by atoms with Crippen molar-refractivity contribution in [1.82, 2.24) is 9.88 Å². The Morgan fingerprint density at radius 2 is 1.88 bits per heavy atom. The van der Waals surface area contributed by atoms with Gasteiger partial charge in [-0.3, -0.25) is 9.69 Å². The molecule has 126 valence electrons. The van der Waals surface area contributed by atoms with E-state index >= 15 is 0 Å². The third-order valence-corrected chi connectivity index (χ3v) is 4.15. The highest BCUT2D eigenvalue weighted by Crippen LogP contribution is 2.16. The van der Waals surface area contributed by atoms with Gasteiger partial charge in [-0.15, -0.1) is 0 Å². The number of piperazine rings is 1. The van der Waals surface area contributed by atoms with Gasteiger partial charge in [0.25, 0.3) is 0 Å². The van der Waals surface area contributed by atoms with E-state index in [1.165, 1.54) is 12.3 Å². The summed E-state index contributed by atoms with van der Waals surface area (Å²) in [6.45, 7) is 5.45. The van der Waals surface area contributed by atoms with Crippen molar-refractivity contribution in [3.8, 4) is 0 Å². The summed E-state index contributed by atoms with van der Waals surface area (Å²) in [5.74, 6) is -0.477. The molecule has 3 rings (SSSR count). The number of hydrogen-bond acceptors (Lipinski definition) is 4. The molecule has 1 fully saturated rings. The van der Waals surface area contributed by atoms with Gasteiger partial charge in [-0.25, -0.2) is 4.98 Å². The number of benzene rings is 1. The van der Waals surface area contributed by atoms with Crippen LogP contribution in [0.15, 0.2) is 42.6 Å². The third-order valence-electron chi connectivity index (χ3n) is 4.15. The number of amides is 1. The van der Waals surface area contributed by atoms with Gasteiger partial charge in [0.05, 0.1) is 6.54 Å². The zero-order chi connectivity index (χ0) is 16.9. The number of hydrogen-bond donors (Lipinski definition) is 1. The lowest BCUT2D eigenvalue weighted by Crippen LogP contribution is -2.48. The first-order chi connectivity index (χ1) is 11.6. The molecule has 0 bridgehead atoms. The lowest BCUT2D eigenvalue weighted by molar-refractivity contribution is -0.117. The van der Waals surface area contributed by atoms with Crippen LogP contribution in [0.2, 0.25) is 0 Å². The van der Waals surface area contributed by atoms with E-state index in [9.17, 15) is 9.18 Å². The van der Waals surface area contributed by atoms with Crippen LogP contribution in [0.25, 0.3) is 0 Å². The molecule has 1 N–H and O–H groups in total. The topological polar surface area (TPSA) is 48.5 Å². The Morgan fingerprint density at radius 3 is 2.54 bits per heavy atom. The van der Waals surface area contributed by atoms with Crippen molar-refractivity contribution < 1.29 is 9.18 Å². The lowest BCUT2D eigenvalue weighted by atomic mass is 10.2. The molecule has 6 heteroatoms. The average Bonchev–Trinajstić information content (AvgIpc) is 2.58. The van der Waals surface area contributed by atoms with Gasteiger partial charge in [-0.1, -0.05) is 17.7 Å². The molecule has 1 aliphatic rings. The van der Waals surface area contributed by atoms with Gasteiger partial charge in [0.2, 0.25) is 11.9 Å². The summed E-state index contributed by atoms with van der Waals surface area (Å²) in [4.78, 5) is 19.9. The van der Waals surface area contributed by atoms with E-state index in [-0.39, 0.29) is 5.91 Å². The van der Waals surface area contributed by atoms with Crippen molar-refractivity contribution >= 4 is 17.3 Å². The van der Waals surface area contributed by atoms with E-state index in [0.717, 1.165) is 43.1 Å². The second-order valence-electron chi connectivity index (χ2n) is 6.01. The van der Waals surface area contributed by atoms with E-state index in [1.54, 1.807) is 0 Å². The third kappa shape index (κ3) is 4.29. The highest BCUT2D eigenvalue weighted by atomic mass is 19.1. The maximum absolute atomic E-state index is 13.2. The number of anilines is 2. The molecule has 24 heavy (non-hydrogen) atoms. The van der Waals surface area contributed by atoms with Gasteiger partial charge in [-0.05, 0) is 25.1 Å². The number of aromatic nitrogens is 1. The highest BCUT2D eigenvalue weighted by molar-refractivity contribution is 5.92. The predicted molar refractivity (Wildman–Crippen MR) is 92.7 cm³/mol. The van der Waals surface area contributed by atoms with Crippen LogP contribution < -0.4 is 10.2 Å². The molecule has 1 saturated heterocycles. The van der Waals surface area contributed by atoms with Gasteiger partial charge in [0.15, 0.2) is 0 Å². The van der Waals surface area contributed by atoms with Gasteiger partial charge in [-0.2, -0.15) is 4.39 Å². The summed E-state index contributed by atoms with van der Waals surface area (Å²) in [5.41, 5.74) is 2.82. The second kappa shape index (κ2) is 7.40. The Hall–Kier alpha value is -2.47. The lowest BCUT2D eigenvalue weighted by Gasteiger charge is -2.35. The quantitative estimate of drug-likeness (QED) is 0.875. The van der Waals surface area contributed by atoms with Crippen molar-refractivity contribution in [1.29, 1.82) is 0 Å². The number of carbonyl (C=O) groups excluding carboxylic acids is 1. The maximum atomic E-state index is 13.2. The summed E-state index contributed by atoms with van der Waals surface area (Å²) in [7, 11) is 0. The van der Waals surface area contributed by atoms with E-state index in [1.807, 2.05) is 37.3 Å². The summed E-state index contributed by atoms with van der Waals surface area (Å²) < 4.78 is 13.2. The Balaban J connectivity index is 1.48. The van der Waals surface area contributed by atoms with Crippen LogP contribution in [0.1, 0.15) is 5.56 Å². The van der Waals surface area contributed by atoms with Crippen LogP contribution in [0, 0.1) is 12.9 Å². The van der Waals surface area contributed by atoms with Crippen LogP contribution in [0.3, 0.4) is 0 Å². The van der Waals surface area contributed by atoms with Crippen molar-refractivity contribution in [2.45, 2.75) is 6.92 Å². The molecule has 0 unspecified atom stereocenters. The molecule has 0 radical (unpaired) electrons. The van der Waals surface area contributed by atoms with Gasteiger partial charge in [0.1, 0.15) is 0 Å². The second-order valence-corrected chi connectivity index (χ2v) is 6.01. The number of carbonyl (C=O) groups is 1. The number of rotatable bonds is 4. The minimum atomic E-state index is -0.465. The number of nitrogens with one attached hydrogen (secondary N) is 1. The fraction of sp³-hybridized carbons (Fsp3) is 0.333. The van der Waals surface area contributed by atoms with Gasteiger partial charge >= 0.3 is 0 Å². The van der Waals surface area contributed by atoms with E-state index in [4.69, 9.17) is 0 Å². The molecule has 0 spiro atoms. The molecule has 2 heterocycles. The predicted octanol–water partition coefficient (Wildman–Crippen LogP) is 2.29. The first-order valence-corrected chi connectivity index (χ1v) is 8.05. The fourth-order valence-corrected chi connectivity index (χ4v) is 2.79. The molecule has 1 aromatic carbocycles. The molecule has 2 aromatic rings. The van der Waals surface area contributed by atoms with Gasteiger partial charge < -0.3 is 10.2 Å². The van der Waals surface area contributed by atoms with Crippen LogP contribution in [-0.4, -0.2) is 48.5 Å². The van der Waals surface area contributed by atoms with E-state index < -0.39 is 5.95 Å². The first-order valence-electron chi connectivity index (χ1n) is 8.05. The Morgan fingerprint density at radius 1 is 1.17 bits per heavy atom. The van der Waals surface area contributed by atoms with Crippen molar-refractivity contribution in [2.75, 3.05) is 42.9 Å². The minimum absolute atomic E-state index is 0.0118. The van der Waals surface area contributed by atoms with Crippen molar-refractivity contribution in [3.63, 3.8) is 0 Å². The summed E-state index contributed by atoms with van der Waals surface area (Å²) in [6.07, 6.45) is 1.48. The summed E-state index contributed by atoms with van der Waals surface area (Å²) in [5, 5.41) is 2.91. The van der Waals surface area contributed by atoms with Crippen LogP contribution in [0.5, 0.6) is 0 Å². The van der Waals surface area contributed by atoms with Crippen molar-refractivity contribution in [2.24, 2.45) is 0 Å². The molecular weight excluding hydrogens is 307 g/mol. The number of pyridine rings is 1. The summed E-state index contributed by atoms with van der Waals surface area (Å²) in [6, 6.07) is 11.0. The molecule has 5 nitrogen and oxygen atoms in total. The number of nitrogens with zero attached hydrogens (tertiary/aromatic N) is 3. The number of aryl methyl sites for hydroxylation is 1.